The smallest absolute Gasteiger partial charge is 0.344 e. The topological polar surface area (TPSA) is 90.8 Å². The maximum atomic E-state index is 9.75. The van der Waals surface area contributed by atoms with Crippen LogP contribution in [0.3, 0.4) is 0 Å². The first-order valence-corrected chi connectivity index (χ1v) is 2.71. The molecule has 1 rings (SSSR count). The standard InChI is InChI=1S/BHO4P.H3N/c2-6(3)4-1-5-6;/h(H,2,3);1H3. The predicted octanol–water partition coefficient (Wildman–Crippen LogP) is -0.170. The molecule has 1 fully saturated rings. The van der Waals surface area contributed by atoms with Crippen LogP contribution in [0.25, 0.3) is 0 Å². The van der Waals surface area contributed by atoms with Crippen molar-refractivity contribution >= 4 is 15.5 Å². The zero-order chi connectivity index (χ0) is 4.62. The van der Waals surface area contributed by atoms with E-state index in [0.29, 0.717) is 0 Å². The van der Waals surface area contributed by atoms with Gasteiger partial charge >= 0.3 is 15.5 Å². The molecule has 1 aliphatic rings. The van der Waals surface area contributed by atoms with Gasteiger partial charge in [-0.15, -0.1) is 0 Å². The molecule has 41 valence electrons. The van der Waals surface area contributed by atoms with E-state index in [2.05, 4.69) is 8.88 Å². The fraction of sp³-hybridized carbons (Fsp3) is 0. The molecule has 0 atom stereocenters. The number of hydrogen-bond donors (Lipinski definition) is 2. The predicted molar refractivity (Wildman–Crippen MR) is 22.8 cm³/mol. The quantitative estimate of drug-likeness (QED) is 0.345. The second kappa shape index (κ2) is 1.94. The summed E-state index contributed by atoms with van der Waals surface area (Å²) in [5.41, 5.74) is 0. The molecule has 0 unspecified atom stereocenters. The lowest BCUT2D eigenvalue weighted by Crippen LogP contribution is -2.12. The third-order valence-corrected chi connectivity index (χ3v) is 1.06. The zero-order valence-electron chi connectivity index (χ0n) is 3.40. The zero-order valence-corrected chi connectivity index (χ0v) is 4.30. The molecule has 7 heteroatoms. The van der Waals surface area contributed by atoms with Gasteiger partial charge in [-0.05, 0) is 0 Å². The monoisotopic (exact) mass is 124 g/mol. The molecule has 0 aromatic rings. The SMILES string of the molecule is N.O=P1(O)O[B]O1. The van der Waals surface area contributed by atoms with Gasteiger partial charge in [-0.1, -0.05) is 0 Å². The molecule has 1 saturated heterocycles. The molecular weight excluding hydrogens is 120 g/mol. The van der Waals surface area contributed by atoms with Gasteiger partial charge < -0.3 is 19.9 Å². The molecular formula is H4BNO4P. The van der Waals surface area contributed by atoms with Crippen LogP contribution in [-0.4, -0.2) is 12.6 Å². The lowest BCUT2D eigenvalue weighted by molar-refractivity contribution is 0.222. The minimum Gasteiger partial charge on any atom is -0.344 e. The summed E-state index contributed by atoms with van der Waals surface area (Å²) in [4.78, 5) is 7.99. The highest BCUT2D eigenvalue weighted by Crippen LogP contribution is 2.49. The van der Waals surface area contributed by atoms with Crippen molar-refractivity contribution in [1.29, 1.82) is 0 Å². The Balaban J connectivity index is 0.000000360. The van der Waals surface area contributed by atoms with Gasteiger partial charge in [0.25, 0.3) is 0 Å². The Bertz CT molecular complexity index is 93.9. The van der Waals surface area contributed by atoms with Crippen molar-refractivity contribution in [2.75, 3.05) is 0 Å². The Morgan fingerprint density at radius 3 is 1.86 bits per heavy atom. The van der Waals surface area contributed by atoms with Crippen LogP contribution >= 0.6 is 7.82 Å². The highest BCUT2D eigenvalue weighted by Gasteiger charge is 2.32. The molecule has 1 aliphatic heterocycles. The van der Waals surface area contributed by atoms with Gasteiger partial charge in [0.05, 0.1) is 0 Å². The summed E-state index contributed by atoms with van der Waals surface area (Å²) >= 11 is 0. The molecule has 0 bridgehead atoms. The summed E-state index contributed by atoms with van der Waals surface area (Å²) in [7, 11) is -2.70. The van der Waals surface area contributed by atoms with Gasteiger partial charge in [0.2, 0.25) is 0 Å². The first-order valence-electron chi connectivity index (χ1n) is 1.22. The van der Waals surface area contributed by atoms with E-state index in [1.54, 1.807) is 0 Å². The largest absolute Gasteiger partial charge is 0.505 e. The van der Waals surface area contributed by atoms with Crippen molar-refractivity contribution in [2.24, 2.45) is 0 Å². The Kier molecular flexibility index (Phi) is 1.98. The molecule has 0 aliphatic carbocycles. The van der Waals surface area contributed by atoms with Crippen LogP contribution in [0.1, 0.15) is 0 Å². The normalized spacial score (nSPS) is 23.6. The lowest BCUT2D eigenvalue weighted by Gasteiger charge is -2.17. The molecule has 0 aromatic carbocycles. The van der Waals surface area contributed by atoms with Gasteiger partial charge in [-0.25, -0.2) is 4.57 Å². The molecule has 0 spiro atoms. The van der Waals surface area contributed by atoms with E-state index in [1.165, 1.54) is 0 Å². The summed E-state index contributed by atoms with van der Waals surface area (Å²) in [5, 5.41) is 0. The van der Waals surface area contributed by atoms with Gasteiger partial charge in [0.15, 0.2) is 0 Å². The lowest BCUT2D eigenvalue weighted by atomic mass is 10.4. The van der Waals surface area contributed by atoms with Crippen LogP contribution in [0.5, 0.6) is 0 Å². The molecule has 0 saturated carbocycles. The van der Waals surface area contributed by atoms with E-state index in [1.807, 2.05) is 0 Å². The van der Waals surface area contributed by atoms with Gasteiger partial charge in [-0.2, -0.15) is 0 Å². The number of phosphoric acid groups is 1. The van der Waals surface area contributed by atoms with Gasteiger partial charge in [-0.3, -0.25) is 0 Å². The molecule has 1 heterocycles. The number of rotatable bonds is 0. The molecule has 7 heavy (non-hydrogen) atoms. The fourth-order valence-electron chi connectivity index (χ4n) is 0.117. The van der Waals surface area contributed by atoms with E-state index in [-0.39, 0.29) is 6.15 Å². The Morgan fingerprint density at radius 2 is 1.86 bits per heavy atom. The number of hydrogen-bond acceptors (Lipinski definition) is 4. The van der Waals surface area contributed by atoms with Crippen molar-refractivity contribution in [1.82, 2.24) is 6.15 Å². The van der Waals surface area contributed by atoms with Crippen LogP contribution in [-0.2, 0) is 13.4 Å². The molecule has 0 aromatic heterocycles. The fourth-order valence-corrected chi connectivity index (χ4v) is 0.350. The molecule has 4 N–H and O–H groups in total. The minimum atomic E-state index is -3.52. The second-order valence-corrected chi connectivity index (χ2v) is 2.13. The van der Waals surface area contributed by atoms with Crippen LogP contribution in [0.2, 0.25) is 0 Å². The van der Waals surface area contributed by atoms with Crippen LogP contribution < -0.4 is 6.15 Å². The summed E-state index contributed by atoms with van der Waals surface area (Å²) < 4.78 is 17.5. The van der Waals surface area contributed by atoms with Crippen molar-refractivity contribution < 1.29 is 18.3 Å². The van der Waals surface area contributed by atoms with Crippen molar-refractivity contribution in [2.45, 2.75) is 0 Å². The van der Waals surface area contributed by atoms with Crippen molar-refractivity contribution in [3.8, 4) is 0 Å². The van der Waals surface area contributed by atoms with E-state index in [4.69, 9.17) is 4.89 Å². The van der Waals surface area contributed by atoms with Crippen LogP contribution in [0.4, 0.5) is 0 Å². The maximum Gasteiger partial charge on any atom is 0.505 e. The Hall–Kier alpha value is 0.135. The summed E-state index contributed by atoms with van der Waals surface area (Å²) in [6, 6.07) is 0. The Labute approximate surface area is 41.1 Å². The molecule has 5 nitrogen and oxygen atoms in total. The summed E-state index contributed by atoms with van der Waals surface area (Å²) in [6.07, 6.45) is 0. The van der Waals surface area contributed by atoms with Gasteiger partial charge in [0, 0.05) is 0 Å². The van der Waals surface area contributed by atoms with Crippen molar-refractivity contribution in [3.05, 3.63) is 0 Å². The first-order chi connectivity index (χ1) is 2.71. The molecule has 0 amide bonds. The van der Waals surface area contributed by atoms with Crippen LogP contribution in [0, 0.1) is 0 Å². The third kappa shape index (κ3) is 1.59. The maximum absolute atomic E-state index is 9.75. The highest BCUT2D eigenvalue weighted by atomic mass is 31.2. The average Bonchev–Trinajstić information content (AvgIpc) is 1.32. The minimum absolute atomic E-state index is 0. The second-order valence-electron chi connectivity index (χ2n) is 0.776. The van der Waals surface area contributed by atoms with E-state index >= 15 is 0 Å². The van der Waals surface area contributed by atoms with E-state index in [0.717, 1.165) is 7.69 Å². The average molecular weight is 124 g/mol. The Morgan fingerprint density at radius 1 is 1.57 bits per heavy atom. The van der Waals surface area contributed by atoms with E-state index < -0.39 is 7.82 Å². The first kappa shape index (κ1) is 7.13. The van der Waals surface area contributed by atoms with Crippen molar-refractivity contribution in [3.63, 3.8) is 0 Å². The highest BCUT2D eigenvalue weighted by molar-refractivity contribution is 7.52. The van der Waals surface area contributed by atoms with Crippen LogP contribution in [0.15, 0.2) is 0 Å². The third-order valence-electron chi connectivity index (χ3n) is 0.352. The summed E-state index contributed by atoms with van der Waals surface area (Å²) in [5.74, 6) is 0. The van der Waals surface area contributed by atoms with E-state index in [9.17, 15) is 4.57 Å². The van der Waals surface area contributed by atoms with Gasteiger partial charge in [0.1, 0.15) is 0 Å². The summed E-state index contributed by atoms with van der Waals surface area (Å²) in [6.45, 7) is 0. The molecule has 1 radical (unpaired) electrons.